The van der Waals surface area contributed by atoms with E-state index in [1.807, 2.05) is 6.92 Å². The molecule has 2 aromatic rings. The summed E-state index contributed by atoms with van der Waals surface area (Å²) in [6, 6.07) is 6.80. The first-order chi connectivity index (χ1) is 8.70. The van der Waals surface area contributed by atoms with Crippen LogP contribution in [0.4, 0.5) is 5.69 Å². The highest BCUT2D eigenvalue weighted by Gasteiger charge is 2.17. The van der Waals surface area contributed by atoms with Gasteiger partial charge in [-0.15, -0.1) is 11.3 Å². The van der Waals surface area contributed by atoms with Gasteiger partial charge in [-0.1, -0.05) is 0 Å². The van der Waals surface area contributed by atoms with E-state index in [9.17, 15) is 4.21 Å². The van der Waals surface area contributed by atoms with E-state index < -0.39 is 10.8 Å². The van der Waals surface area contributed by atoms with Crippen LogP contribution in [0.5, 0.6) is 0 Å². The normalized spacial score (nSPS) is 24.3. The zero-order valence-corrected chi connectivity index (χ0v) is 11.9. The Morgan fingerprint density at radius 3 is 2.94 bits per heavy atom. The summed E-state index contributed by atoms with van der Waals surface area (Å²) in [6.07, 6.45) is 2.01. The smallest absolute Gasteiger partial charge is 0.0907 e. The van der Waals surface area contributed by atoms with Crippen LogP contribution < -0.4 is 5.32 Å². The van der Waals surface area contributed by atoms with Crippen molar-refractivity contribution in [3.63, 3.8) is 0 Å². The first-order valence-corrected chi connectivity index (χ1v) is 8.50. The number of nitrogens with zero attached hydrogens (tertiary/aromatic N) is 1. The first-order valence-electron chi connectivity index (χ1n) is 6.19. The van der Waals surface area contributed by atoms with E-state index in [-0.39, 0.29) is 0 Å². The number of rotatable bonds is 2. The van der Waals surface area contributed by atoms with Crippen molar-refractivity contribution in [2.45, 2.75) is 25.8 Å². The molecule has 1 saturated heterocycles. The number of aromatic nitrogens is 1. The first kappa shape index (κ1) is 12.1. The average Bonchev–Trinajstić information content (AvgIpc) is 2.71. The van der Waals surface area contributed by atoms with Crippen molar-refractivity contribution < 1.29 is 4.21 Å². The molecule has 0 saturated carbocycles. The zero-order valence-electron chi connectivity index (χ0n) is 10.3. The quantitative estimate of drug-likeness (QED) is 0.919. The number of hydrogen-bond acceptors (Lipinski definition) is 4. The summed E-state index contributed by atoms with van der Waals surface area (Å²) >= 11 is 1.73. The lowest BCUT2D eigenvalue weighted by atomic mass is 10.1. The third kappa shape index (κ3) is 2.57. The lowest BCUT2D eigenvalue weighted by Crippen LogP contribution is -2.29. The Bertz CT molecular complexity index is 584. The number of nitrogens with one attached hydrogen (secondary N) is 1. The average molecular weight is 280 g/mol. The summed E-state index contributed by atoms with van der Waals surface area (Å²) in [4.78, 5) is 4.46. The fourth-order valence-corrected chi connectivity index (χ4v) is 4.47. The summed E-state index contributed by atoms with van der Waals surface area (Å²) in [5, 5.41) is 4.65. The molecule has 5 heteroatoms. The Hall–Kier alpha value is -0.940. The van der Waals surface area contributed by atoms with Gasteiger partial charge >= 0.3 is 0 Å². The largest absolute Gasteiger partial charge is 0.382 e. The Balaban J connectivity index is 1.76. The number of anilines is 1. The summed E-state index contributed by atoms with van der Waals surface area (Å²) in [6.45, 7) is 2.04. The second-order valence-corrected chi connectivity index (χ2v) is 7.61. The molecule has 0 radical (unpaired) electrons. The number of aryl methyl sites for hydroxylation is 1. The van der Waals surface area contributed by atoms with Gasteiger partial charge in [-0.25, -0.2) is 4.98 Å². The molecule has 1 aromatic carbocycles. The second kappa shape index (κ2) is 4.97. The molecular weight excluding hydrogens is 264 g/mol. The van der Waals surface area contributed by atoms with E-state index in [0.29, 0.717) is 6.04 Å². The van der Waals surface area contributed by atoms with Crippen molar-refractivity contribution in [2.24, 2.45) is 0 Å². The van der Waals surface area contributed by atoms with Crippen LogP contribution in [-0.2, 0) is 10.8 Å². The minimum Gasteiger partial charge on any atom is -0.382 e. The molecule has 1 N–H and O–H groups in total. The number of hydrogen-bond donors (Lipinski definition) is 1. The third-order valence-electron chi connectivity index (χ3n) is 3.25. The topological polar surface area (TPSA) is 42.0 Å². The van der Waals surface area contributed by atoms with Crippen molar-refractivity contribution in [3.05, 3.63) is 23.2 Å². The Morgan fingerprint density at radius 2 is 2.17 bits per heavy atom. The van der Waals surface area contributed by atoms with Gasteiger partial charge in [-0.3, -0.25) is 4.21 Å². The molecule has 3 nitrogen and oxygen atoms in total. The summed E-state index contributed by atoms with van der Waals surface area (Å²) in [5.74, 6) is 1.67. The zero-order chi connectivity index (χ0) is 12.5. The lowest BCUT2D eigenvalue weighted by Gasteiger charge is -2.23. The molecule has 0 aliphatic carbocycles. The van der Waals surface area contributed by atoms with Gasteiger partial charge < -0.3 is 5.32 Å². The molecule has 0 spiro atoms. The number of fused-ring (bicyclic) bond motifs is 1. The second-order valence-electron chi connectivity index (χ2n) is 4.68. The Labute approximate surface area is 113 Å². The monoisotopic (exact) mass is 280 g/mol. The fraction of sp³-hybridized carbons (Fsp3) is 0.462. The van der Waals surface area contributed by atoms with Crippen molar-refractivity contribution >= 4 is 38.0 Å². The summed E-state index contributed by atoms with van der Waals surface area (Å²) in [7, 11) is -0.586. The maximum Gasteiger partial charge on any atom is 0.0907 e. The van der Waals surface area contributed by atoms with Crippen molar-refractivity contribution in [1.29, 1.82) is 0 Å². The Morgan fingerprint density at radius 1 is 1.39 bits per heavy atom. The van der Waals surface area contributed by atoms with Gasteiger partial charge in [-0.05, 0) is 38.0 Å². The van der Waals surface area contributed by atoms with Crippen LogP contribution >= 0.6 is 11.3 Å². The van der Waals surface area contributed by atoms with Crippen LogP contribution in [0.15, 0.2) is 18.2 Å². The van der Waals surface area contributed by atoms with Gasteiger partial charge in [0.2, 0.25) is 0 Å². The fourth-order valence-electron chi connectivity index (χ4n) is 2.30. The molecule has 1 fully saturated rings. The highest BCUT2D eigenvalue weighted by molar-refractivity contribution is 7.85. The van der Waals surface area contributed by atoms with Gasteiger partial charge in [0.05, 0.1) is 15.2 Å². The standard InChI is InChI=1S/C13H16N2OS2/c1-9-14-12-3-2-11(8-13(12)17-9)15-10-4-6-18(16)7-5-10/h2-3,8,10,15H,4-7H2,1H3. The molecule has 2 heterocycles. The molecule has 0 amide bonds. The van der Waals surface area contributed by atoms with E-state index in [0.717, 1.165) is 40.6 Å². The van der Waals surface area contributed by atoms with Crippen LogP contribution in [0.1, 0.15) is 17.8 Å². The molecule has 0 unspecified atom stereocenters. The van der Waals surface area contributed by atoms with E-state index in [1.54, 1.807) is 11.3 Å². The number of thiazole rings is 1. The Kier molecular flexibility index (Phi) is 3.35. The van der Waals surface area contributed by atoms with Crippen LogP contribution in [0.2, 0.25) is 0 Å². The predicted octanol–water partition coefficient (Wildman–Crippen LogP) is 2.93. The highest BCUT2D eigenvalue weighted by Crippen LogP contribution is 2.26. The lowest BCUT2D eigenvalue weighted by molar-refractivity contribution is 0.624. The van der Waals surface area contributed by atoms with Gasteiger partial charge in [-0.2, -0.15) is 0 Å². The van der Waals surface area contributed by atoms with E-state index in [2.05, 4.69) is 28.5 Å². The maximum absolute atomic E-state index is 11.3. The van der Waals surface area contributed by atoms with Gasteiger partial charge in [0.25, 0.3) is 0 Å². The highest BCUT2D eigenvalue weighted by atomic mass is 32.2. The minimum absolute atomic E-state index is 0.467. The van der Waals surface area contributed by atoms with Gasteiger partial charge in [0.1, 0.15) is 0 Å². The minimum atomic E-state index is -0.586. The SMILES string of the molecule is Cc1nc2ccc(NC3CCS(=O)CC3)cc2s1. The molecule has 3 rings (SSSR count). The van der Waals surface area contributed by atoms with Gasteiger partial charge in [0.15, 0.2) is 0 Å². The van der Waals surface area contributed by atoms with Gasteiger partial charge in [0, 0.05) is 34.0 Å². The van der Waals surface area contributed by atoms with Crippen molar-refractivity contribution in [3.8, 4) is 0 Å². The van der Waals surface area contributed by atoms with Crippen LogP contribution in [0.3, 0.4) is 0 Å². The van der Waals surface area contributed by atoms with Crippen LogP contribution in [-0.4, -0.2) is 26.7 Å². The third-order valence-corrected chi connectivity index (χ3v) is 5.57. The van der Waals surface area contributed by atoms with Crippen LogP contribution in [0, 0.1) is 6.92 Å². The molecule has 0 bridgehead atoms. The van der Waals surface area contributed by atoms with Crippen molar-refractivity contribution in [2.75, 3.05) is 16.8 Å². The van der Waals surface area contributed by atoms with E-state index >= 15 is 0 Å². The number of benzene rings is 1. The van der Waals surface area contributed by atoms with E-state index in [1.165, 1.54) is 4.70 Å². The summed E-state index contributed by atoms with van der Waals surface area (Å²) < 4.78 is 12.5. The molecule has 0 atom stereocenters. The molecule has 1 aliphatic rings. The maximum atomic E-state index is 11.3. The van der Waals surface area contributed by atoms with Crippen molar-refractivity contribution in [1.82, 2.24) is 4.98 Å². The predicted molar refractivity (Wildman–Crippen MR) is 78.9 cm³/mol. The molecule has 18 heavy (non-hydrogen) atoms. The summed E-state index contributed by atoms with van der Waals surface area (Å²) in [5.41, 5.74) is 2.23. The molecule has 1 aliphatic heterocycles. The molecule has 96 valence electrons. The molecular formula is C13H16N2OS2. The van der Waals surface area contributed by atoms with Crippen LogP contribution in [0.25, 0.3) is 10.2 Å². The van der Waals surface area contributed by atoms with E-state index in [4.69, 9.17) is 0 Å². The molecule has 1 aromatic heterocycles.